The number of hydrogen-bond acceptors (Lipinski definition) is 6. The van der Waals surface area contributed by atoms with Crippen molar-refractivity contribution in [1.29, 1.82) is 5.26 Å². The van der Waals surface area contributed by atoms with Crippen LogP contribution in [0.3, 0.4) is 0 Å². The van der Waals surface area contributed by atoms with E-state index in [-0.39, 0.29) is 23.0 Å². The molecule has 0 saturated heterocycles. The summed E-state index contributed by atoms with van der Waals surface area (Å²) >= 11 is 3.20. The number of nitrogens with zero attached hydrogens (tertiary/aromatic N) is 4. The third-order valence-corrected chi connectivity index (χ3v) is 2.82. The van der Waals surface area contributed by atoms with Gasteiger partial charge in [-0.25, -0.2) is 9.97 Å². The van der Waals surface area contributed by atoms with Gasteiger partial charge < -0.3 is 4.74 Å². The van der Waals surface area contributed by atoms with Crippen LogP contribution in [0.2, 0.25) is 0 Å². The average molecular weight is 335 g/mol. The molecule has 0 unspecified atom stereocenters. The molecular formula is C12H7BrN4O3. The number of aromatic nitrogens is 2. The lowest BCUT2D eigenvalue weighted by atomic mass is 10.2. The maximum Gasteiger partial charge on any atom is 0.313 e. The standard InChI is InChI=1S/C12H7BrN4O3/c1-7-2-8(13)3-10(17(18)19)12(7)20-11-6-15-9(4-14)5-16-11/h2-3,5-6H,1H3. The fraction of sp³-hybridized carbons (Fsp3) is 0.0833. The quantitative estimate of drug-likeness (QED) is 0.631. The molecule has 0 aliphatic carbocycles. The summed E-state index contributed by atoms with van der Waals surface area (Å²) < 4.78 is 5.99. The first kappa shape index (κ1) is 13.9. The Hall–Kier alpha value is -2.53. The summed E-state index contributed by atoms with van der Waals surface area (Å²) in [5.41, 5.74) is 0.541. The molecule has 7 nitrogen and oxygen atoms in total. The van der Waals surface area contributed by atoms with E-state index in [1.807, 2.05) is 6.07 Å². The molecule has 20 heavy (non-hydrogen) atoms. The first-order chi connectivity index (χ1) is 9.51. The van der Waals surface area contributed by atoms with Gasteiger partial charge in [0.25, 0.3) is 0 Å². The van der Waals surface area contributed by atoms with Crippen LogP contribution in [0.5, 0.6) is 11.6 Å². The van der Waals surface area contributed by atoms with E-state index in [1.165, 1.54) is 18.5 Å². The molecular weight excluding hydrogens is 328 g/mol. The number of nitro benzene ring substituents is 1. The number of halogens is 1. The van der Waals surface area contributed by atoms with E-state index in [9.17, 15) is 10.1 Å². The molecule has 0 aliphatic heterocycles. The Bertz CT molecular complexity index is 710. The smallest absolute Gasteiger partial charge is 0.313 e. The van der Waals surface area contributed by atoms with Crippen LogP contribution in [0, 0.1) is 28.4 Å². The fourth-order valence-corrected chi connectivity index (χ4v) is 2.07. The highest BCUT2D eigenvalue weighted by Crippen LogP contribution is 2.36. The van der Waals surface area contributed by atoms with E-state index in [4.69, 9.17) is 10.00 Å². The van der Waals surface area contributed by atoms with Gasteiger partial charge in [-0.2, -0.15) is 5.26 Å². The lowest BCUT2D eigenvalue weighted by Gasteiger charge is -2.08. The molecule has 0 N–H and O–H groups in total. The van der Waals surface area contributed by atoms with Crippen molar-refractivity contribution in [2.24, 2.45) is 0 Å². The minimum atomic E-state index is -0.538. The zero-order valence-corrected chi connectivity index (χ0v) is 11.8. The van der Waals surface area contributed by atoms with E-state index in [0.29, 0.717) is 10.0 Å². The zero-order valence-electron chi connectivity index (χ0n) is 10.2. The number of hydrogen-bond donors (Lipinski definition) is 0. The monoisotopic (exact) mass is 334 g/mol. The summed E-state index contributed by atoms with van der Waals surface area (Å²) in [7, 11) is 0. The molecule has 0 fully saturated rings. The molecule has 1 heterocycles. The Kier molecular flexibility index (Phi) is 3.91. The second kappa shape index (κ2) is 5.63. The Morgan fingerprint density at radius 2 is 2.15 bits per heavy atom. The third kappa shape index (κ3) is 2.89. The highest BCUT2D eigenvalue weighted by molar-refractivity contribution is 9.10. The van der Waals surface area contributed by atoms with E-state index in [0.717, 1.165) is 0 Å². The highest BCUT2D eigenvalue weighted by Gasteiger charge is 2.20. The van der Waals surface area contributed by atoms with Crippen molar-refractivity contribution in [1.82, 2.24) is 9.97 Å². The largest absolute Gasteiger partial charge is 0.430 e. The molecule has 0 saturated carbocycles. The summed E-state index contributed by atoms with van der Waals surface area (Å²) in [6.45, 7) is 1.68. The summed E-state index contributed by atoms with van der Waals surface area (Å²) in [6.07, 6.45) is 2.47. The molecule has 0 radical (unpaired) electrons. The summed E-state index contributed by atoms with van der Waals surface area (Å²) in [5.74, 6) is 0.176. The molecule has 2 aromatic rings. The predicted octanol–water partition coefficient (Wildman–Crippen LogP) is 3.12. The first-order valence-electron chi connectivity index (χ1n) is 5.36. The van der Waals surface area contributed by atoms with Crippen molar-refractivity contribution in [3.63, 3.8) is 0 Å². The molecule has 8 heteroatoms. The Morgan fingerprint density at radius 1 is 1.40 bits per heavy atom. The molecule has 100 valence electrons. The van der Waals surface area contributed by atoms with Crippen LogP contribution < -0.4 is 4.74 Å². The van der Waals surface area contributed by atoms with Crippen molar-refractivity contribution in [2.75, 3.05) is 0 Å². The SMILES string of the molecule is Cc1cc(Br)cc([N+](=O)[O-])c1Oc1cnc(C#N)cn1. The molecule has 0 atom stereocenters. The van der Waals surface area contributed by atoms with Gasteiger partial charge in [-0.3, -0.25) is 10.1 Å². The summed E-state index contributed by atoms with van der Waals surface area (Å²) in [4.78, 5) is 18.2. The Labute approximate surface area is 122 Å². The van der Waals surface area contributed by atoms with E-state index in [1.54, 1.807) is 13.0 Å². The number of rotatable bonds is 3. The molecule has 0 aliphatic rings. The van der Waals surface area contributed by atoms with Crippen LogP contribution in [-0.4, -0.2) is 14.9 Å². The predicted molar refractivity (Wildman–Crippen MR) is 72.4 cm³/mol. The number of ether oxygens (including phenoxy) is 1. The third-order valence-electron chi connectivity index (χ3n) is 2.37. The zero-order chi connectivity index (χ0) is 14.7. The molecule has 2 rings (SSSR count). The molecule has 0 amide bonds. The lowest BCUT2D eigenvalue weighted by Crippen LogP contribution is -1.98. The van der Waals surface area contributed by atoms with Gasteiger partial charge in [0, 0.05) is 16.1 Å². The second-order valence-electron chi connectivity index (χ2n) is 3.78. The fourth-order valence-electron chi connectivity index (χ4n) is 1.51. The van der Waals surface area contributed by atoms with E-state index >= 15 is 0 Å². The number of aryl methyl sites for hydroxylation is 1. The van der Waals surface area contributed by atoms with Crippen molar-refractivity contribution in [3.8, 4) is 17.7 Å². The number of nitriles is 1. The Morgan fingerprint density at radius 3 is 2.70 bits per heavy atom. The average Bonchev–Trinajstić information content (AvgIpc) is 2.42. The summed E-state index contributed by atoms with van der Waals surface area (Å²) in [5, 5.41) is 19.7. The van der Waals surface area contributed by atoms with Gasteiger partial charge in [0.05, 0.1) is 17.3 Å². The van der Waals surface area contributed by atoms with Gasteiger partial charge in [0.2, 0.25) is 11.6 Å². The maximum absolute atomic E-state index is 11.0. The van der Waals surface area contributed by atoms with E-state index < -0.39 is 4.92 Å². The number of nitro groups is 1. The Balaban J connectivity index is 2.42. The first-order valence-corrected chi connectivity index (χ1v) is 6.15. The van der Waals surface area contributed by atoms with E-state index in [2.05, 4.69) is 25.9 Å². The van der Waals surface area contributed by atoms with Crippen molar-refractivity contribution >= 4 is 21.6 Å². The maximum atomic E-state index is 11.0. The topological polar surface area (TPSA) is 102 Å². The van der Waals surface area contributed by atoms with Crippen LogP contribution in [-0.2, 0) is 0 Å². The van der Waals surface area contributed by atoms with Gasteiger partial charge in [0.15, 0.2) is 5.69 Å². The van der Waals surface area contributed by atoms with Crippen LogP contribution in [0.15, 0.2) is 29.0 Å². The van der Waals surface area contributed by atoms with Crippen molar-refractivity contribution in [3.05, 3.63) is 50.4 Å². The highest BCUT2D eigenvalue weighted by atomic mass is 79.9. The molecule has 0 spiro atoms. The molecule has 0 bridgehead atoms. The van der Waals surface area contributed by atoms with Gasteiger partial charge in [-0.05, 0) is 13.0 Å². The second-order valence-corrected chi connectivity index (χ2v) is 4.70. The summed E-state index contributed by atoms with van der Waals surface area (Å²) in [6, 6.07) is 4.86. The normalized spacial score (nSPS) is 9.85. The van der Waals surface area contributed by atoms with Crippen LogP contribution in [0.25, 0.3) is 0 Å². The van der Waals surface area contributed by atoms with Gasteiger partial charge in [0.1, 0.15) is 6.07 Å². The van der Waals surface area contributed by atoms with Gasteiger partial charge >= 0.3 is 5.69 Å². The molecule has 1 aromatic heterocycles. The van der Waals surface area contributed by atoms with Gasteiger partial charge in [-0.15, -0.1) is 0 Å². The number of benzene rings is 1. The van der Waals surface area contributed by atoms with Gasteiger partial charge in [-0.1, -0.05) is 15.9 Å². The van der Waals surface area contributed by atoms with Crippen LogP contribution in [0.1, 0.15) is 11.3 Å². The minimum Gasteiger partial charge on any atom is -0.430 e. The molecule has 1 aromatic carbocycles. The van der Waals surface area contributed by atoms with Crippen LogP contribution >= 0.6 is 15.9 Å². The van der Waals surface area contributed by atoms with Crippen molar-refractivity contribution in [2.45, 2.75) is 6.92 Å². The van der Waals surface area contributed by atoms with Crippen molar-refractivity contribution < 1.29 is 9.66 Å². The minimum absolute atomic E-state index is 0.0810. The van der Waals surface area contributed by atoms with Crippen LogP contribution in [0.4, 0.5) is 5.69 Å². The lowest BCUT2D eigenvalue weighted by molar-refractivity contribution is -0.385.